The van der Waals surface area contributed by atoms with E-state index in [4.69, 9.17) is 4.74 Å². The summed E-state index contributed by atoms with van der Waals surface area (Å²) in [6.07, 6.45) is 3.23. The summed E-state index contributed by atoms with van der Waals surface area (Å²) in [6.45, 7) is 12.2. The Hall–Kier alpha value is -1.32. The third-order valence-corrected chi connectivity index (χ3v) is 3.48. The monoisotopic (exact) mass is 288 g/mol. The van der Waals surface area contributed by atoms with Crippen LogP contribution < -0.4 is 5.32 Å². The number of fused-ring (bicyclic) bond motifs is 1. The lowest BCUT2D eigenvalue weighted by molar-refractivity contribution is 0.127. The molecule has 2 aromatic rings. The maximum Gasteiger partial charge on any atom is 0.0645 e. The van der Waals surface area contributed by atoms with Crippen molar-refractivity contribution in [2.45, 2.75) is 52.7 Å². The van der Waals surface area contributed by atoms with Crippen LogP contribution in [0.5, 0.6) is 0 Å². The molecule has 3 heteroatoms. The molecule has 1 N–H and O–H groups in total. The Kier molecular flexibility index (Phi) is 5.43. The van der Waals surface area contributed by atoms with Crippen LogP contribution in [0, 0.1) is 0 Å². The van der Waals surface area contributed by atoms with Crippen LogP contribution in [0.1, 0.15) is 39.7 Å². The Morgan fingerprint density at radius 2 is 1.95 bits per heavy atom. The smallest absolute Gasteiger partial charge is 0.0645 e. The highest BCUT2D eigenvalue weighted by atomic mass is 16.5. The molecule has 0 unspecified atom stereocenters. The summed E-state index contributed by atoms with van der Waals surface area (Å²) in [6, 6.07) is 8.90. The van der Waals surface area contributed by atoms with Crippen LogP contribution in [0.4, 0.5) is 0 Å². The van der Waals surface area contributed by atoms with E-state index < -0.39 is 0 Å². The minimum absolute atomic E-state index is 0.150. The molecule has 1 heterocycles. The van der Waals surface area contributed by atoms with Crippen molar-refractivity contribution in [1.82, 2.24) is 9.88 Å². The van der Waals surface area contributed by atoms with Gasteiger partial charge in [-0.3, -0.25) is 0 Å². The van der Waals surface area contributed by atoms with E-state index in [0.29, 0.717) is 0 Å². The van der Waals surface area contributed by atoms with E-state index in [-0.39, 0.29) is 5.54 Å². The first kappa shape index (κ1) is 16.1. The van der Waals surface area contributed by atoms with Crippen LogP contribution in [0.15, 0.2) is 30.5 Å². The zero-order valence-electron chi connectivity index (χ0n) is 13.8. The van der Waals surface area contributed by atoms with Gasteiger partial charge < -0.3 is 14.6 Å². The van der Waals surface area contributed by atoms with Crippen LogP contribution in [-0.4, -0.2) is 23.3 Å². The lowest BCUT2D eigenvalue weighted by atomic mass is 10.1. The molecule has 0 fully saturated rings. The van der Waals surface area contributed by atoms with E-state index in [0.717, 1.165) is 32.7 Å². The van der Waals surface area contributed by atoms with Crippen molar-refractivity contribution in [1.29, 1.82) is 0 Å². The van der Waals surface area contributed by atoms with Gasteiger partial charge in [0.05, 0.1) is 6.61 Å². The number of hydrogen-bond donors (Lipinski definition) is 1. The molecule has 1 aromatic heterocycles. The SMILES string of the molecule is CCCOCCn1ccc2cc(CNC(C)(C)C)ccc21. The first-order valence-corrected chi connectivity index (χ1v) is 7.90. The number of aromatic nitrogens is 1. The van der Waals surface area contributed by atoms with Crippen LogP contribution in [-0.2, 0) is 17.8 Å². The van der Waals surface area contributed by atoms with Gasteiger partial charge in [-0.1, -0.05) is 13.0 Å². The minimum atomic E-state index is 0.150. The average Bonchev–Trinajstić information content (AvgIpc) is 2.83. The molecule has 0 bridgehead atoms. The van der Waals surface area contributed by atoms with Gasteiger partial charge in [0.2, 0.25) is 0 Å². The van der Waals surface area contributed by atoms with E-state index in [1.165, 1.54) is 16.5 Å². The molecular formula is C18H28N2O. The Bertz CT molecular complexity index is 566. The first-order valence-electron chi connectivity index (χ1n) is 7.90. The number of hydrogen-bond acceptors (Lipinski definition) is 2. The predicted molar refractivity (Wildman–Crippen MR) is 89.6 cm³/mol. The number of rotatable bonds is 7. The van der Waals surface area contributed by atoms with E-state index in [9.17, 15) is 0 Å². The minimum Gasteiger partial charge on any atom is -0.380 e. The molecule has 3 nitrogen and oxygen atoms in total. The second-order valence-electron chi connectivity index (χ2n) is 6.62. The van der Waals surface area contributed by atoms with Crippen LogP contribution in [0.3, 0.4) is 0 Å². The van der Waals surface area contributed by atoms with Gasteiger partial charge in [0.1, 0.15) is 0 Å². The van der Waals surface area contributed by atoms with E-state index in [1.54, 1.807) is 0 Å². The molecular weight excluding hydrogens is 260 g/mol. The quantitative estimate of drug-likeness (QED) is 0.781. The molecule has 0 saturated heterocycles. The summed E-state index contributed by atoms with van der Waals surface area (Å²) >= 11 is 0. The zero-order valence-corrected chi connectivity index (χ0v) is 13.8. The third kappa shape index (κ3) is 4.87. The van der Waals surface area contributed by atoms with Gasteiger partial charge in [-0.25, -0.2) is 0 Å². The summed E-state index contributed by atoms with van der Waals surface area (Å²) in [4.78, 5) is 0. The Labute approximate surface area is 128 Å². The molecule has 0 radical (unpaired) electrons. The lowest BCUT2D eigenvalue weighted by Crippen LogP contribution is -2.35. The highest BCUT2D eigenvalue weighted by Gasteiger charge is 2.09. The summed E-state index contributed by atoms with van der Waals surface area (Å²) in [5, 5.41) is 4.84. The topological polar surface area (TPSA) is 26.2 Å². The number of benzene rings is 1. The van der Waals surface area contributed by atoms with Gasteiger partial charge in [-0.15, -0.1) is 0 Å². The number of nitrogens with one attached hydrogen (secondary N) is 1. The Balaban J connectivity index is 2.01. The molecule has 0 aliphatic rings. The van der Waals surface area contributed by atoms with Gasteiger partial charge >= 0.3 is 0 Å². The molecule has 0 spiro atoms. The van der Waals surface area contributed by atoms with Crippen molar-refractivity contribution in [3.63, 3.8) is 0 Å². The third-order valence-electron chi connectivity index (χ3n) is 3.48. The molecule has 1 aromatic carbocycles. The molecule has 0 amide bonds. The zero-order chi connectivity index (χ0) is 15.3. The van der Waals surface area contributed by atoms with Crippen molar-refractivity contribution in [2.75, 3.05) is 13.2 Å². The fraction of sp³-hybridized carbons (Fsp3) is 0.556. The highest BCUT2D eigenvalue weighted by molar-refractivity contribution is 5.80. The standard InChI is InChI=1S/C18H28N2O/c1-5-11-21-12-10-20-9-8-16-13-15(6-7-17(16)20)14-19-18(2,3)4/h6-9,13,19H,5,10-12,14H2,1-4H3. The van der Waals surface area contributed by atoms with E-state index in [2.05, 4.69) is 68.0 Å². The summed E-state index contributed by atoms with van der Waals surface area (Å²) < 4.78 is 7.84. The van der Waals surface area contributed by atoms with Crippen LogP contribution in [0.2, 0.25) is 0 Å². The molecule has 0 aliphatic heterocycles. The Morgan fingerprint density at radius 3 is 2.67 bits per heavy atom. The van der Waals surface area contributed by atoms with Gasteiger partial charge in [0.25, 0.3) is 0 Å². The maximum absolute atomic E-state index is 5.57. The largest absolute Gasteiger partial charge is 0.380 e. The summed E-state index contributed by atoms with van der Waals surface area (Å²) in [7, 11) is 0. The predicted octanol–water partition coefficient (Wildman–Crippen LogP) is 3.96. The first-order chi connectivity index (χ1) is 9.99. The molecule has 0 saturated carbocycles. The van der Waals surface area contributed by atoms with Crippen LogP contribution in [0.25, 0.3) is 10.9 Å². The second kappa shape index (κ2) is 7.10. The molecule has 0 aliphatic carbocycles. The normalized spacial score (nSPS) is 12.2. The fourth-order valence-electron chi connectivity index (χ4n) is 2.33. The van der Waals surface area contributed by atoms with Gasteiger partial charge in [-0.2, -0.15) is 0 Å². The molecule has 0 atom stereocenters. The van der Waals surface area contributed by atoms with Gasteiger partial charge in [0.15, 0.2) is 0 Å². The van der Waals surface area contributed by atoms with E-state index >= 15 is 0 Å². The van der Waals surface area contributed by atoms with Crippen molar-refractivity contribution in [2.24, 2.45) is 0 Å². The number of nitrogens with zero attached hydrogens (tertiary/aromatic N) is 1. The van der Waals surface area contributed by atoms with Crippen molar-refractivity contribution in [3.8, 4) is 0 Å². The molecule has 2 rings (SSSR count). The maximum atomic E-state index is 5.57. The average molecular weight is 288 g/mol. The molecule has 21 heavy (non-hydrogen) atoms. The summed E-state index contributed by atoms with van der Waals surface area (Å²) in [5.41, 5.74) is 2.77. The van der Waals surface area contributed by atoms with E-state index in [1.807, 2.05) is 0 Å². The van der Waals surface area contributed by atoms with Crippen LogP contribution >= 0.6 is 0 Å². The van der Waals surface area contributed by atoms with Crippen molar-refractivity contribution in [3.05, 3.63) is 36.0 Å². The Morgan fingerprint density at radius 1 is 1.14 bits per heavy atom. The van der Waals surface area contributed by atoms with Gasteiger partial charge in [0, 0.05) is 36.9 Å². The number of ether oxygens (including phenoxy) is 1. The molecule has 116 valence electrons. The highest BCUT2D eigenvalue weighted by Crippen LogP contribution is 2.18. The van der Waals surface area contributed by atoms with Gasteiger partial charge in [-0.05, 0) is 56.3 Å². The van der Waals surface area contributed by atoms with Crippen molar-refractivity contribution >= 4 is 10.9 Å². The van der Waals surface area contributed by atoms with Crippen molar-refractivity contribution < 1.29 is 4.74 Å². The lowest BCUT2D eigenvalue weighted by Gasteiger charge is -2.20. The summed E-state index contributed by atoms with van der Waals surface area (Å²) in [5.74, 6) is 0. The second-order valence-corrected chi connectivity index (χ2v) is 6.62. The fourth-order valence-corrected chi connectivity index (χ4v) is 2.33.